The predicted molar refractivity (Wildman–Crippen MR) is 131 cm³/mol. The number of hydrogen-bond acceptors (Lipinski definition) is 6. The van der Waals surface area contributed by atoms with Gasteiger partial charge in [-0.25, -0.2) is 9.59 Å². The quantitative estimate of drug-likeness (QED) is 0.393. The molecule has 0 spiro atoms. The number of benzene rings is 1. The van der Waals surface area contributed by atoms with Crippen molar-refractivity contribution >= 4 is 23.7 Å². The van der Waals surface area contributed by atoms with Gasteiger partial charge in [0.05, 0.1) is 18.4 Å². The average Bonchev–Trinajstić information content (AvgIpc) is 3.14. The van der Waals surface area contributed by atoms with Crippen molar-refractivity contribution in [3.05, 3.63) is 33.9 Å². The van der Waals surface area contributed by atoms with Crippen LogP contribution in [0.1, 0.15) is 81.4 Å². The fourth-order valence-electron chi connectivity index (χ4n) is 3.96. The molecule has 0 unspecified atom stereocenters. The van der Waals surface area contributed by atoms with Gasteiger partial charge < -0.3 is 24.4 Å². The van der Waals surface area contributed by atoms with Crippen molar-refractivity contribution < 1.29 is 28.6 Å². The van der Waals surface area contributed by atoms with Crippen molar-refractivity contribution in [2.24, 2.45) is 0 Å². The van der Waals surface area contributed by atoms with Crippen LogP contribution in [0.25, 0.3) is 0 Å². The van der Waals surface area contributed by atoms with Gasteiger partial charge in [0, 0.05) is 30.6 Å². The third-order valence-corrected chi connectivity index (χ3v) is 5.76. The fourth-order valence-corrected chi connectivity index (χ4v) is 3.96. The number of esters is 2. The summed E-state index contributed by atoms with van der Waals surface area (Å²) in [6.07, 6.45) is 3.22. The van der Waals surface area contributed by atoms with E-state index in [4.69, 9.17) is 14.2 Å². The smallest absolute Gasteiger partial charge is 0.341 e. The number of hydrogen-bond donors (Lipinski definition) is 1. The topological polar surface area (TPSA) is 94.2 Å². The van der Waals surface area contributed by atoms with Gasteiger partial charge in [-0.2, -0.15) is 0 Å². The monoisotopic (exact) mass is 474 g/mol. The number of cyclic esters (lactones) is 1. The lowest BCUT2D eigenvalue weighted by atomic mass is 9.93. The molecule has 0 saturated carbocycles. The average molecular weight is 475 g/mol. The second-order valence-electron chi connectivity index (χ2n) is 9.38. The molecule has 8 heteroatoms. The van der Waals surface area contributed by atoms with Crippen LogP contribution in [-0.2, 0) is 27.3 Å². The Hall–Kier alpha value is -3.03. The highest BCUT2D eigenvalue weighted by atomic mass is 16.6. The Morgan fingerprint density at radius 2 is 1.82 bits per heavy atom. The summed E-state index contributed by atoms with van der Waals surface area (Å²) in [6, 6.07) is -0.287. The van der Waals surface area contributed by atoms with Gasteiger partial charge in [0.2, 0.25) is 0 Å². The van der Waals surface area contributed by atoms with E-state index in [0.29, 0.717) is 48.5 Å². The van der Waals surface area contributed by atoms with E-state index >= 15 is 0 Å². The zero-order valence-corrected chi connectivity index (χ0v) is 21.7. The lowest BCUT2D eigenvalue weighted by Crippen LogP contribution is -2.35. The summed E-state index contributed by atoms with van der Waals surface area (Å²) >= 11 is 0. The predicted octanol–water partition coefficient (Wildman–Crippen LogP) is 5.16. The van der Waals surface area contributed by atoms with Crippen molar-refractivity contribution in [3.63, 3.8) is 0 Å². The highest BCUT2D eigenvalue weighted by molar-refractivity contribution is 6.05. The van der Waals surface area contributed by atoms with Gasteiger partial charge >= 0.3 is 18.0 Å². The number of fused-ring (bicyclic) bond motifs is 1. The Labute approximate surface area is 202 Å². The minimum Gasteiger partial charge on any atom is -0.496 e. The Balaban J connectivity index is 2.40. The largest absolute Gasteiger partial charge is 0.496 e. The van der Waals surface area contributed by atoms with Crippen LogP contribution < -0.4 is 10.1 Å². The molecule has 0 atom stereocenters. The van der Waals surface area contributed by atoms with Gasteiger partial charge in [0.25, 0.3) is 0 Å². The maximum Gasteiger partial charge on any atom is 0.341 e. The van der Waals surface area contributed by atoms with Crippen molar-refractivity contribution in [2.75, 3.05) is 25.5 Å². The molecular formula is C26H38N2O6. The lowest BCUT2D eigenvalue weighted by molar-refractivity contribution is -0.154. The van der Waals surface area contributed by atoms with Crippen LogP contribution in [0.3, 0.4) is 0 Å². The molecule has 2 amide bonds. The first-order chi connectivity index (χ1) is 15.9. The van der Waals surface area contributed by atoms with Gasteiger partial charge in [-0.1, -0.05) is 11.6 Å². The zero-order chi connectivity index (χ0) is 25.6. The molecule has 1 aromatic carbocycles. The Kier molecular flexibility index (Phi) is 9.13. The molecule has 1 N–H and O–H groups in total. The molecular weight excluding hydrogens is 436 g/mol. The number of methoxy groups -OCH3 is 1. The van der Waals surface area contributed by atoms with E-state index in [9.17, 15) is 14.4 Å². The van der Waals surface area contributed by atoms with Crippen molar-refractivity contribution in [2.45, 2.75) is 79.9 Å². The van der Waals surface area contributed by atoms with Crippen LogP contribution in [0.2, 0.25) is 0 Å². The highest BCUT2D eigenvalue weighted by Gasteiger charge is 2.33. The Morgan fingerprint density at radius 1 is 1.18 bits per heavy atom. The number of carbonyl (C=O) groups is 3. The van der Waals surface area contributed by atoms with Crippen LogP contribution >= 0.6 is 0 Å². The van der Waals surface area contributed by atoms with Crippen molar-refractivity contribution in [1.82, 2.24) is 4.90 Å². The SMILES string of the molecule is CCN(CC)C(=O)Nc1c(C/C=C(\C)CCC(=O)OC(C)(C)C)c(OC)c(C)c2c1C(=O)OC2. The Morgan fingerprint density at radius 3 is 2.38 bits per heavy atom. The molecule has 1 aromatic rings. The van der Waals surface area contributed by atoms with E-state index < -0.39 is 11.6 Å². The summed E-state index contributed by atoms with van der Waals surface area (Å²) in [4.78, 5) is 39.2. The summed E-state index contributed by atoms with van der Waals surface area (Å²) < 4.78 is 16.4. The molecule has 0 saturated heterocycles. The van der Waals surface area contributed by atoms with Crippen LogP contribution in [0.4, 0.5) is 10.5 Å². The zero-order valence-electron chi connectivity index (χ0n) is 21.7. The normalized spacial score (nSPS) is 13.3. The number of ether oxygens (including phenoxy) is 3. The summed E-state index contributed by atoms with van der Waals surface area (Å²) in [5.41, 5.74) is 3.53. The summed E-state index contributed by atoms with van der Waals surface area (Å²) in [5, 5.41) is 2.95. The standard InChI is InChI=1S/C26H38N2O6/c1-9-28(10-2)25(31)27-22-18(13-11-16(3)12-14-20(29)34-26(5,6)7)23(32-8)17(4)19-15-33-24(30)21(19)22/h11H,9-10,12-15H2,1-8H3,(H,27,31)/b16-11+. The third-order valence-electron chi connectivity index (χ3n) is 5.76. The molecule has 0 fully saturated rings. The molecule has 1 aliphatic rings. The molecule has 8 nitrogen and oxygen atoms in total. The van der Waals surface area contributed by atoms with Crippen molar-refractivity contribution in [1.29, 1.82) is 0 Å². The van der Waals surface area contributed by atoms with E-state index in [1.54, 1.807) is 12.0 Å². The molecule has 188 valence electrons. The fraction of sp³-hybridized carbons (Fsp3) is 0.577. The first-order valence-electron chi connectivity index (χ1n) is 11.8. The number of nitrogens with one attached hydrogen (secondary N) is 1. The number of urea groups is 1. The molecule has 0 radical (unpaired) electrons. The van der Waals surface area contributed by atoms with Gasteiger partial charge in [-0.05, 0) is 66.9 Å². The molecule has 2 rings (SSSR count). The van der Waals surface area contributed by atoms with E-state index in [1.165, 1.54) is 0 Å². The lowest BCUT2D eigenvalue weighted by Gasteiger charge is -2.23. The van der Waals surface area contributed by atoms with E-state index in [0.717, 1.165) is 16.7 Å². The van der Waals surface area contributed by atoms with E-state index in [-0.39, 0.29) is 25.0 Å². The molecule has 1 aliphatic heterocycles. The molecule has 34 heavy (non-hydrogen) atoms. The number of anilines is 1. The molecule has 0 aromatic heterocycles. The number of amides is 2. The van der Waals surface area contributed by atoms with Crippen LogP contribution in [0.5, 0.6) is 5.75 Å². The van der Waals surface area contributed by atoms with Crippen molar-refractivity contribution in [3.8, 4) is 5.75 Å². The number of carbonyl (C=O) groups excluding carboxylic acids is 3. The van der Waals surface area contributed by atoms with Gasteiger partial charge in [-0.3, -0.25) is 4.79 Å². The number of nitrogens with zero attached hydrogens (tertiary/aromatic N) is 1. The van der Waals surface area contributed by atoms with Gasteiger partial charge in [0.1, 0.15) is 18.0 Å². The maximum absolute atomic E-state index is 12.9. The highest BCUT2D eigenvalue weighted by Crippen LogP contribution is 2.41. The Bertz CT molecular complexity index is 971. The summed E-state index contributed by atoms with van der Waals surface area (Å²) in [7, 11) is 1.57. The molecule has 0 aliphatic carbocycles. The number of allylic oxidation sites excluding steroid dienone is 2. The minimum atomic E-state index is -0.517. The van der Waals surface area contributed by atoms with E-state index in [1.807, 2.05) is 54.5 Å². The molecule has 1 heterocycles. The first-order valence-corrected chi connectivity index (χ1v) is 11.8. The first kappa shape index (κ1) is 27.2. The second-order valence-corrected chi connectivity index (χ2v) is 9.38. The van der Waals surface area contributed by atoms with Gasteiger partial charge in [0.15, 0.2) is 0 Å². The minimum absolute atomic E-state index is 0.148. The van der Waals surface area contributed by atoms with Gasteiger partial charge in [-0.15, -0.1) is 0 Å². The van der Waals surface area contributed by atoms with Crippen LogP contribution in [0, 0.1) is 6.92 Å². The second kappa shape index (κ2) is 11.4. The van der Waals surface area contributed by atoms with E-state index in [2.05, 4.69) is 5.32 Å². The third kappa shape index (κ3) is 6.52. The molecule has 0 bridgehead atoms. The van der Waals surface area contributed by atoms with Crippen LogP contribution in [0.15, 0.2) is 11.6 Å². The number of rotatable bonds is 9. The summed E-state index contributed by atoms with van der Waals surface area (Å²) in [6.45, 7) is 14.4. The maximum atomic E-state index is 12.9. The van der Waals surface area contributed by atoms with Crippen LogP contribution in [-0.4, -0.2) is 48.7 Å². The summed E-state index contributed by atoms with van der Waals surface area (Å²) in [5.74, 6) is -0.0910.